The zero-order valence-electron chi connectivity index (χ0n) is 9.67. The van der Waals surface area contributed by atoms with E-state index < -0.39 is 15.8 Å². The van der Waals surface area contributed by atoms with Crippen LogP contribution in [0.15, 0.2) is 18.2 Å². The molecule has 0 aliphatic carbocycles. The summed E-state index contributed by atoms with van der Waals surface area (Å²) in [5.74, 6) is -0.709. The van der Waals surface area contributed by atoms with Gasteiger partial charge < -0.3 is 10.4 Å². The van der Waals surface area contributed by atoms with Crippen LogP contribution in [0.5, 0.6) is 0 Å². The van der Waals surface area contributed by atoms with E-state index >= 15 is 0 Å². The van der Waals surface area contributed by atoms with Crippen LogP contribution in [0.2, 0.25) is 0 Å². The molecule has 2 heterocycles. The van der Waals surface area contributed by atoms with Gasteiger partial charge in [-0.05, 0) is 18.6 Å². The number of pyridine rings is 1. The average molecular weight is 270 g/mol. The minimum Gasteiger partial charge on any atom is -0.477 e. The number of hydrogen-bond acceptors (Lipinski definition) is 5. The van der Waals surface area contributed by atoms with Crippen molar-refractivity contribution >= 4 is 15.8 Å². The molecule has 1 atom stereocenters. The Morgan fingerprint density at radius 1 is 1.50 bits per heavy atom. The quantitative estimate of drug-likeness (QED) is 0.803. The van der Waals surface area contributed by atoms with Gasteiger partial charge in [-0.25, -0.2) is 18.2 Å². The Morgan fingerprint density at radius 3 is 2.89 bits per heavy atom. The van der Waals surface area contributed by atoms with Crippen LogP contribution in [0, 0.1) is 0 Å². The van der Waals surface area contributed by atoms with Gasteiger partial charge >= 0.3 is 5.97 Å². The van der Waals surface area contributed by atoms with Crippen molar-refractivity contribution in [2.45, 2.75) is 19.0 Å². The van der Waals surface area contributed by atoms with Gasteiger partial charge in [-0.15, -0.1) is 0 Å². The number of aromatic nitrogens is 1. The average Bonchev–Trinajstić information content (AvgIpc) is 2.67. The van der Waals surface area contributed by atoms with Crippen LogP contribution < -0.4 is 5.32 Å². The summed E-state index contributed by atoms with van der Waals surface area (Å²) in [7, 11) is -2.90. The normalized spacial score (nSPS) is 21.9. The highest BCUT2D eigenvalue weighted by molar-refractivity contribution is 7.91. The van der Waals surface area contributed by atoms with Crippen LogP contribution in [0.25, 0.3) is 0 Å². The molecule has 0 spiro atoms. The number of carboxylic acids is 1. The number of sulfone groups is 1. The van der Waals surface area contributed by atoms with E-state index in [0.29, 0.717) is 18.7 Å². The molecule has 1 aliphatic rings. The van der Waals surface area contributed by atoms with Gasteiger partial charge in [0.15, 0.2) is 9.84 Å². The standard InChI is InChI=1S/C11H14N2O4S/c14-11(15)10-3-1-2-8(13-10)6-12-9-4-5-18(16,17)7-9/h1-3,9,12H,4-7H2,(H,14,15). The second kappa shape index (κ2) is 5.03. The fourth-order valence-electron chi connectivity index (χ4n) is 1.90. The lowest BCUT2D eigenvalue weighted by molar-refractivity contribution is 0.0690. The Morgan fingerprint density at radius 2 is 2.28 bits per heavy atom. The molecule has 1 aromatic rings. The fourth-order valence-corrected chi connectivity index (χ4v) is 3.61. The molecule has 98 valence electrons. The topological polar surface area (TPSA) is 96.4 Å². The van der Waals surface area contributed by atoms with Crippen LogP contribution in [-0.2, 0) is 16.4 Å². The third-order valence-corrected chi connectivity index (χ3v) is 4.60. The number of hydrogen-bond donors (Lipinski definition) is 2. The maximum absolute atomic E-state index is 11.3. The van der Waals surface area contributed by atoms with Crippen LogP contribution in [0.1, 0.15) is 22.6 Å². The zero-order valence-corrected chi connectivity index (χ0v) is 10.5. The Kier molecular flexibility index (Phi) is 3.63. The molecular weight excluding hydrogens is 256 g/mol. The number of aromatic carboxylic acids is 1. The van der Waals surface area contributed by atoms with Crippen molar-refractivity contribution in [3.63, 3.8) is 0 Å². The molecule has 1 fully saturated rings. The molecule has 18 heavy (non-hydrogen) atoms. The molecule has 2 N–H and O–H groups in total. The number of nitrogens with zero attached hydrogens (tertiary/aromatic N) is 1. The Bertz CT molecular complexity index is 556. The van der Waals surface area contributed by atoms with Gasteiger partial charge in [0, 0.05) is 12.6 Å². The van der Waals surface area contributed by atoms with E-state index in [2.05, 4.69) is 10.3 Å². The third kappa shape index (κ3) is 3.27. The van der Waals surface area contributed by atoms with Crippen LogP contribution in [0.4, 0.5) is 0 Å². The zero-order chi connectivity index (χ0) is 13.2. The first kappa shape index (κ1) is 13.0. The molecule has 0 bridgehead atoms. The first-order valence-corrected chi connectivity index (χ1v) is 7.41. The third-order valence-electron chi connectivity index (χ3n) is 2.83. The molecule has 7 heteroatoms. The molecule has 0 aromatic carbocycles. The van der Waals surface area contributed by atoms with Gasteiger partial charge in [-0.3, -0.25) is 0 Å². The highest BCUT2D eigenvalue weighted by Crippen LogP contribution is 2.11. The van der Waals surface area contributed by atoms with Gasteiger partial charge in [0.2, 0.25) is 0 Å². The van der Waals surface area contributed by atoms with Crippen molar-refractivity contribution in [3.05, 3.63) is 29.6 Å². The number of carbonyl (C=O) groups is 1. The number of nitrogens with one attached hydrogen (secondary N) is 1. The van der Waals surface area contributed by atoms with E-state index in [1.807, 2.05) is 0 Å². The summed E-state index contributed by atoms with van der Waals surface area (Å²) in [6.07, 6.45) is 0.598. The van der Waals surface area contributed by atoms with E-state index in [9.17, 15) is 13.2 Å². The molecule has 0 saturated carbocycles. The maximum Gasteiger partial charge on any atom is 0.354 e. The summed E-state index contributed by atoms with van der Waals surface area (Å²) in [5, 5.41) is 11.9. The molecule has 1 unspecified atom stereocenters. The summed E-state index contributed by atoms with van der Waals surface area (Å²) in [6.45, 7) is 0.376. The lowest BCUT2D eigenvalue weighted by atomic mass is 10.2. The van der Waals surface area contributed by atoms with Crippen molar-refractivity contribution in [1.29, 1.82) is 0 Å². The predicted octanol–water partition coefficient (Wildman–Crippen LogP) is 0.0565. The lowest BCUT2D eigenvalue weighted by Gasteiger charge is -2.10. The molecule has 1 aliphatic heterocycles. The van der Waals surface area contributed by atoms with Crippen molar-refractivity contribution in [3.8, 4) is 0 Å². The summed E-state index contributed by atoms with van der Waals surface area (Å²) < 4.78 is 22.5. The molecule has 1 saturated heterocycles. The molecule has 0 amide bonds. The highest BCUT2D eigenvalue weighted by atomic mass is 32.2. The molecular formula is C11H14N2O4S. The van der Waals surface area contributed by atoms with E-state index in [0.717, 1.165) is 0 Å². The summed E-state index contributed by atoms with van der Waals surface area (Å²) in [6, 6.07) is 4.69. The highest BCUT2D eigenvalue weighted by Gasteiger charge is 2.27. The Balaban J connectivity index is 1.95. The van der Waals surface area contributed by atoms with E-state index in [1.54, 1.807) is 12.1 Å². The summed E-state index contributed by atoms with van der Waals surface area (Å²) >= 11 is 0. The Labute approximate surface area is 105 Å². The van der Waals surface area contributed by atoms with Crippen molar-refractivity contribution in [1.82, 2.24) is 10.3 Å². The molecule has 0 radical (unpaired) electrons. The van der Waals surface area contributed by atoms with Gasteiger partial charge in [0.05, 0.1) is 17.2 Å². The maximum atomic E-state index is 11.3. The first-order chi connectivity index (χ1) is 8.46. The second-order valence-electron chi connectivity index (χ2n) is 4.30. The van der Waals surface area contributed by atoms with Crippen LogP contribution >= 0.6 is 0 Å². The minimum absolute atomic E-state index is 0.00616. The predicted molar refractivity (Wildman–Crippen MR) is 65.1 cm³/mol. The molecule has 2 rings (SSSR count). The van der Waals surface area contributed by atoms with Crippen molar-refractivity contribution < 1.29 is 18.3 Å². The van der Waals surface area contributed by atoms with Crippen molar-refractivity contribution in [2.75, 3.05) is 11.5 Å². The van der Waals surface area contributed by atoms with Gasteiger partial charge in [-0.1, -0.05) is 6.07 Å². The number of rotatable bonds is 4. The van der Waals surface area contributed by atoms with Crippen molar-refractivity contribution in [2.24, 2.45) is 0 Å². The lowest BCUT2D eigenvalue weighted by Crippen LogP contribution is -2.29. The number of carboxylic acid groups (broad SMARTS) is 1. The van der Waals surface area contributed by atoms with Crippen LogP contribution in [0.3, 0.4) is 0 Å². The van der Waals surface area contributed by atoms with Crippen LogP contribution in [-0.4, -0.2) is 42.0 Å². The van der Waals surface area contributed by atoms with E-state index in [-0.39, 0.29) is 23.2 Å². The Hall–Kier alpha value is -1.47. The van der Waals surface area contributed by atoms with E-state index in [4.69, 9.17) is 5.11 Å². The second-order valence-corrected chi connectivity index (χ2v) is 6.53. The fraction of sp³-hybridized carbons (Fsp3) is 0.455. The van der Waals surface area contributed by atoms with Gasteiger partial charge in [-0.2, -0.15) is 0 Å². The summed E-state index contributed by atoms with van der Waals surface area (Å²) in [5.41, 5.74) is 0.590. The smallest absolute Gasteiger partial charge is 0.354 e. The minimum atomic E-state index is -2.90. The summed E-state index contributed by atoms with van der Waals surface area (Å²) in [4.78, 5) is 14.7. The largest absolute Gasteiger partial charge is 0.477 e. The molecule has 1 aromatic heterocycles. The SMILES string of the molecule is O=C(O)c1cccc(CNC2CCS(=O)(=O)C2)n1. The molecule has 6 nitrogen and oxygen atoms in total. The first-order valence-electron chi connectivity index (χ1n) is 5.59. The van der Waals surface area contributed by atoms with Gasteiger partial charge in [0.25, 0.3) is 0 Å². The van der Waals surface area contributed by atoms with E-state index in [1.165, 1.54) is 6.07 Å². The van der Waals surface area contributed by atoms with Gasteiger partial charge in [0.1, 0.15) is 5.69 Å². The monoisotopic (exact) mass is 270 g/mol.